The van der Waals surface area contributed by atoms with Gasteiger partial charge in [0.2, 0.25) is 0 Å². The summed E-state index contributed by atoms with van der Waals surface area (Å²) in [5.41, 5.74) is 1.46. The Kier molecular flexibility index (Phi) is 4.15. The van der Waals surface area contributed by atoms with Crippen LogP contribution in [0.1, 0.15) is 22.6 Å². The summed E-state index contributed by atoms with van der Waals surface area (Å²) >= 11 is 3.41. The zero-order chi connectivity index (χ0) is 15.7. The van der Waals surface area contributed by atoms with Gasteiger partial charge < -0.3 is 9.64 Å². The highest BCUT2D eigenvalue weighted by atomic mass is 79.9. The highest BCUT2D eigenvalue weighted by molar-refractivity contribution is 9.10. The highest BCUT2D eigenvalue weighted by Gasteiger charge is 2.29. The first-order valence-corrected chi connectivity index (χ1v) is 7.90. The Hall–Kier alpha value is -1.89. The van der Waals surface area contributed by atoms with Crippen LogP contribution in [0.5, 0.6) is 5.75 Å². The van der Waals surface area contributed by atoms with Gasteiger partial charge in [0, 0.05) is 38.1 Å². The topological polar surface area (TPSA) is 60.3 Å². The molecule has 7 heteroatoms. The van der Waals surface area contributed by atoms with E-state index in [-0.39, 0.29) is 12.0 Å². The van der Waals surface area contributed by atoms with Gasteiger partial charge in [-0.25, -0.2) is 0 Å². The Morgan fingerprint density at radius 2 is 2.32 bits per heavy atom. The van der Waals surface area contributed by atoms with E-state index in [0.717, 1.165) is 22.3 Å². The van der Waals surface area contributed by atoms with Crippen LogP contribution >= 0.6 is 15.9 Å². The Bertz CT molecular complexity index is 681. The average molecular weight is 365 g/mol. The van der Waals surface area contributed by atoms with Crippen LogP contribution in [-0.2, 0) is 7.05 Å². The quantitative estimate of drug-likeness (QED) is 0.837. The van der Waals surface area contributed by atoms with Crippen LogP contribution in [-0.4, -0.2) is 44.8 Å². The molecule has 0 bridgehead atoms. The monoisotopic (exact) mass is 364 g/mol. The summed E-state index contributed by atoms with van der Waals surface area (Å²) in [6.07, 6.45) is 4.19. The Morgan fingerprint density at radius 1 is 1.50 bits per heavy atom. The summed E-state index contributed by atoms with van der Waals surface area (Å²) in [5.74, 6) is 0.714. The molecule has 1 atom stereocenters. The Labute approximate surface area is 137 Å². The number of likely N-dealkylation sites (tertiary alicyclic amines) is 1. The van der Waals surface area contributed by atoms with Crippen LogP contribution in [0.15, 0.2) is 29.0 Å². The molecule has 0 saturated carbocycles. The van der Waals surface area contributed by atoms with Crippen LogP contribution in [0, 0.1) is 6.92 Å². The number of hydrogen-bond donors (Lipinski definition) is 0. The van der Waals surface area contributed by atoms with Crippen molar-refractivity contribution in [3.8, 4) is 5.75 Å². The second-order valence-electron chi connectivity index (χ2n) is 5.38. The van der Waals surface area contributed by atoms with Gasteiger partial charge in [0.25, 0.3) is 5.91 Å². The normalized spacial score (nSPS) is 17.8. The standard InChI is InChI=1S/C15H17BrN4O2/c1-10-7-13(18-19(10)2)15(21)20-6-4-11(9-20)22-14-3-5-17-8-12(14)16/h3,5,7-8,11H,4,6,9H2,1-2H3. The number of rotatable bonds is 3. The van der Waals surface area contributed by atoms with Crippen molar-refractivity contribution in [2.24, 2.45) is 7.05 Å². The SMILES string of the molecule is Cc1cc(C(=O)N2CCC(Oc3ccncc3Br)C2)nn1C. The maximum atomic E-state index is 12.5. The van der Waals surface area contributed by atoms with E-state index < -0.39 is 0 Å². The van der Waals surface area contributed by atoms with Gasteiger partial charge in [-0.05, 0) is 35.0 Å². The van der Waals surface area contributed by atoms with Crippen molar-refractivity contribution >= 4 is 21.8 Å². The third-order valence-electron chi connectivity index (χ3n) is 3.79. The summed E-state index contributed by atoms with van der Waals surface area (Å²) in [7, 11) is 1.84. The van der Waals surface area contributed by atoms with Gasteiger partial charge in [0.05, 0.1) is 11.0 Å². The molecule has 1 aliphatic rings. The maximum absolute atomic E-state index is 12.5. The molecule has 1 unspecified atom stereocenters. The van der Waals surface area contributed by atoms with Gasteiger partial charge in [-0.3, -0.25) is 14.5 Å². The molecular weight excluding hydrogens is 348 g/mol. The molecule has 22 heavy (non-hydrogen) atoms. The summed E-state index contributed by atoms with van der Waals surface area (Å²) in [4.78, 5) is 18.3. The van der Waals surface area contributed by atoms with Gasteiger partial charge in [-0.1, -0.05) is 0 Å². The predicted molar refractivity (Wildman–Crippen MR) is 84.8 cm³/mol. The molecule has 6 nitrogen and oxygen atoms in total. The maximum Gasteiger partial charge on any atom is 0.274 e. The van der Waals surface area contributed by atoms with E-state index in [9.17, 15) is 4.79 Å². The third-order valence-corrected chi connectivity index (χ3v) is 4.39. The van der Waals surface area contributed by atoms with Crippen LogP contribution in [0.2, 0.25) is 0 Å². The number of pyridine rings is 1. The van der Waals surface area contributed by atoms with E-state index in [2.05, 4.69) is 26.0 Å². The molecule has 0 N–H and O–H groups in total. The van der Waals surface area contributed by atoms with Gasteiger partial charge in [-0.15, -0.1) is 0 Å². The molecule has 1 amide bonds. The summed E-state index contributed by atoms with van der Waals surface area (Å²) in [5, 5.41) is 4.25. The van der Waals surface area contributed by atoms with E-state index in [0.29, 0.717) is 18.8 Å². The molecule has 0 aliphatic carbocycles. The molecule has 2 aromatic rings. The van der Waals surface area contributed by atoms with Gasteiger partial charge >= 0.3 is 0 Å². The first-order chi connectivity index (χ1) is 10.5. The zero-order valence-electron chi connectivity index (χ0n) is 12.5. The number of aromatic nitrogens is 3. The van der Waals surface area contributed by atoms with E-state index in [1.165, 1.54) is 0 Å². The zero-order valence-corrected chi connectivity index (χ0v) is 14.1. The molecule has 3 heterocycles. The minimum Gasteiger partial charge on any atom is -0.487 e. The Balaban J connectivity index is 1.65. The van der Waals surface area contributed by atoms with Gasteiger partial charge in [0.15, 0.2) is 5.69 Å². The first kappa shape index (κ1) is 15.0. The van der Waals surface area contributed by atoms with E-state index in [4.69, 9.17) is 4.74 Å². The average Bonchev–Trinajstić information content (AvgIpc) is 3.09. The highest BCUT2D eigenvalue weighted by Crippen LogP contribution is 2.26. The third kappa shape index (κ3) is 2.99. The second-order valence-corrected chi connectivity index (χ2v) is 6.23. The largest absolute Gasteiger partial charge is 0.487 e. The lowest BCUT2D eigenvalue weighted by atomic mass is 10.3. The van der Waals surface area contributed by atoms with Crippen molar-refractivity contribution in [3.05, 3.63) is 40.4 Å². The van der Waals surface area contributed by atoms with Crippen molar-refractivity contribution in [3.63, 3.8) is 0 Å². The number of ether oxygens (including phenoxy) is 1. The molecule has 1 aliphatic heterocycles. The van der Waals surface area contributed by atoms with E-state index >= 15 is 0 Å². The first-order valence-electron chi connectivity index (χ1n) is 7.10. The van der Waals surface area contributed by atoms with Crippen molar-refractivity contribution in [1.82, 2.24) is 19.7 Å². The minimum absolute atomic E-state index is 0.00698. The van der Waals surface area contributed by atoms with Crippen LogP contribution in [0.3, 0.4) is 0 Å². The number of aryl methyl sites for hydroxylation is 2. The van der Waals surface area contributed by atoms with Crippen molar-refractivity contribution < 1.29 is 9.53 Å². The number of halogens is 1. The number of hydrogen-bond acceptors (Lipinski definition) is 4. The van der Waals surface area contributed by atoms with Gasteiger partial charge in [-0.2, -0.15) is 5.10 Å². The summed E-state index contributed by atoms with van der Waals surface area (Å²) in [6, 6.07) is 3.63. The van der Waals surface area contributed by atoms with Gasteiger partial charge in [0.1, 0.15) is 11.9 Å². The van der Waals surface area contributed by atoms with Crippen molar-refractivity contribution in [2.45, 2.75) is 19.4 Å². The minimum atomic E-state index is -0.0383. The molecule has 3 rings (SSSR count). The second kappa shape index (κ2) is 6.08. The predicted octanol–water partition coefficient (Wildman–Crippen LogP) is 2.18. The fourth-order valence-electron chi connectivity index (χ4n) is 2.47. The van der Waals surface area contributed by atoms with E-state index in [1.54, 1.807) is 22.0 Å². The lowest BCUT2D eigenvalue weighted by Gasteiger charge is -2.16. The molecule has 0 radical (unpaired) electrons. The molecule has 0 aromatic carbocycles. The fraction of sp³-hybridized carbons (Fsp3) is 0.400. The smallest absolute Gasteiger partial charge is 0.274 e. The molecular formula is C15H17BrN4O2. The fourth-order valence-corrected chi connectivity index (χ4v) is 2.82. The Morgan fingerprint density at radius 3 is 3.00 bits per heavy atom. The van der Waals surface area contributed by atoms with E-state index in [1.807, 2.05) is 26.1 Å². The molecule has 0 spiro atoms. The summed E-state index contributed by atoms with van der Waals surface area (Å²) in [6.45, 7) is 3.19. The van der Waals surface area contributed by atoms with Crippen molar-refractivity contribution in [1.29, 1.82) is 0 Å². The summed E-state index contributed by atoms with van der Waals surface area (Å²) < 4.78 is 8.48. The number of carbonyl (C=O) groups excluding carboxylic acids is 1. The molecule has 2 aromatic heterocycles. The number of amides is 1. The lowest BCUT2D eigenvalue weighted by molar-refractivity contribution is 0.0765. The molecule has 1 fully saturated rings. The van der Waals surface area contributed by atoms with Crippen LogP contribution < -0.4 is 4.74 Å². The number of carbonyl (C=O) groups is 1. The number of nitrogens with zero attached hydrogens (tertiary/aromatic N) is 4. The lowest BCUT2D eigenvalue weighted by Crippen LogP contribution is -2.31. The molecule has 1 saturated heterocycles. The van der Waals surface area contributed by atoms with Crippen LogP contribution in [0.4, 0.5) is 0 Å². The van der Waals surface area contributed by atoms with Crippen LogP contribution in [0.25, 0.3) is 0 Å². The molecule has 116 valence electrons. The van der Waals surface area contributed by atoms with Crippen molar-refractivity contribution in [2.75, 3.05) is 13.1 Å².